The number of nitrogens with one attached hydrogen (secondary N) is 1. The molecule has 0 atom stereocenters. The van der Waals surface area contributed by atoms with Gasteiger partial charge in [0.25, 0.3) is 0 Å². The minimum Gasteiger partial charge on any atom is -0.378 e. The molecule has 0 saturated carbocycles. The quantitative estimate of drug-likeness (QED) is 0.447. The van der Waals surface area contributed by atoms with Gasteiger partial charge < -0.3 is 14.5 Å². The molecule has 0 bridgehead atoms. The van der Waals surface area contributed by atoms with Gasteiger partial charge in [0.05, 0.1) is 47.1 Å². The smallest absolute Gasteiger partial charge is 0.245 e. The van der Waals surface area contributed by atoms with Gasteiger partial charge in [-0.25, -0.2) is 0 Å². The number of ether oxygens (including phenoxy) is 1. The number of carbonyl (C=O) groups excluding carboxylic acids is 1. The maximum absolute atomic E-state index is 12.2. The first-order valence-corrected chi connectivity index (χ1v) is 14.4. The molecule has 1 amide bonds. The van der Waals surface area contributed by atoms with E-state index in [1.54, 1.807) is 0 Å². The number of aromatic amines is 1. The van der Waals surface area contributed by atoms with Gasteiger partial charge in [0.2, 0.25) is 5.91 Å². The highest BCUT2D eigenvalue weighted by Crippen LogP contribution is 2.47. The molecule has 1 aromatic carbocycles. The van der Waals surface area contributed by atoms with E-state index in [9.17, 15) is 4.79 Å². The molecule has 1 N–H and O–H groups in total. The van der Waals surface area contributed by atoms with Crippen molar-refractivity contribution in [1.29, 1.82) is 0 Å². The van der Waals surface area contributed by atoms with Crippen molar-refractivity contribution < 1.29 is 9.53 Å². The van der Waals surface area contributed by atoms with Crippen LogP contribution >= 0.6 is 23.2 Å². The van der Waals surface area contributed by atoms with Crippen molar-refractivity contribution in [1.82, 2.24) is 29.8 Å². The molecule has 11 heteroatoms. The lowest BCUT2D eigenvalue weighted by Crippen LogP contribution is -2.64. The number of rotatable bonds is 5. The summed E-state index contributed by atoms with van der Waals surface area (Å²) in [6.07, 6.45) is 4.85. The second kappa shape index (κ2) is 10.1. The number of benzene rings is 1. The largest absolute Gasteiger partial charge is 0.378 e. The van der Waals surface area contributed by atoms with E-state index < -0.39 is 0 Å². The molecular weight excluding hydrogens is 537 g/mol. The van der Waals surface area contributed by atoms with Crippen LogP contribution in [-0.2, 0) is 9.53 Å². The fourth-order valence-electron chi connectivity index (χ4n) is 6.41. The van der Waals surface area contributed by atoms with Crippen molar-refractivity contribution in [3.8, 4) is 11.1 Å². The Bertz CT molecular complexity index is 1420. The molecule has 5 heterocycles. The van der Waals surface area contributed by atoms with Crippen LogP contribution in [-0.4, -0.2) is 93.2 Å². The van der Waals surface area contributed by atoms with E-state index >= 15 is 0 Å². The molecule has 9 nitrogen and oxygen atoms in total. The predicted octanol–water partition coefficient (Wildman–Crippen LogP) is 4.69. The van der Waals surface area contributed by atoms with Crippen LogP contribution in [0, 0.1) is 6.92 Å². The van der Waals surface area contributed by atoms with Gasteiger partial charge in [0.1, 0.15) is 0 Å². The normalized spacial score (nSPS) is 20.9. The number of fused-ring (bicyclic) bond motifs is 1. The SMILES string of the molecule is C=CC(=O)N1CCC(n2nc(N3CCN(C4COC4)CC3(C)C)c(-c3c(Cl)c(Cl)cc4[nH]ncc34)c2C)CC1. The summed E-state index contributed by atoms with van der Waals surface area (Å²) in [5.74, 6) is 0.898. The zero-order chi connectivity index (χ0) is 27.5. The van der Waals surface area contributed by atoms with Gasteiger partial charge in [-0.2, -0.15) is 10.2 Å². The number of anilines is 1. The molecule has 0 aliphatic carbocycles. The van der Waals surface area contributed by atoms with E-state index in [0.717, 1.165) is 79.2 Å². The van der Waals surface area contributed by atoms with Crippen LogP contribution < -0.4 is 4.90 Å². The Balaban J connectivity index is 1.45. The Labute approximate surface area is 238 Å². The predicted molar refractivity (Wildman–Crippen MR) is 155 cm³/mol. The number of nitrogens with zero attached hydrogens (tertiary/aromatic N) is 6. The van der Waals surface area contributed by atoms with Crippen molar-refractivity contribution in [2.75, 3.05) is 50.8 Å². The lowest BCUT2D eigenvalue weighted by molar-refractivity contribution is -0.127. The van der Waals surface area contributed by atoms with Gasteiger partial charge in [-0.1, -0.05) is 29.8 Å². The summed E-state index contributed by atoms with van der Waals surface area (Å²) >= 11 is 13.6. The number of carbonyl (C=O) groups is 1. The first-order chi connectivity index (χ1) is 18.7. The second-order valence-electron chi connectivity index (χ2n) is 11.5. The Morgan fingerprint density at radius 2 is 1.90 bits per heavy atom. The molecule has 0 unspecified atom stereocenters. The number of likely N-dealkylation sites (tertiary alicyclic amines) is 1. The molecule has 0 spiro atoms. The molecule has 39 heavy (non-hydrogen) atoms. The lowest BCUT2D eigenvalue weighted by Gasteiger charge is -2.51. The summed E-state index contributed by atoms with van der Waals surface area (Å²) in [6.45, 7) is 16.0. The molecule has 3 saturated heterocycles. The molecule has 0 radical (unpaired) electrons. The van der Waals surface area contributed by atoms with E-state index in [1.807, 2.05) is 17.2 Å². The molecule has 3 aliphatic rings. The first-order valence-electron chi connectivity index (χ1n) is 13.6. The minimum absolute atomic E-state index is 0.0171. The number of aromatic nitrogens is 4. The third-order valence-corrected chi connectivity index (χ3v) is 9.43. The van der Waals surface area contributed by atoms with Crippen molar-refractivity contribution in [2.24, 2.45) is 0 Å². The minimum atomic E-state index is -0.172. The van der Waals surface area contributed by atoms with Gasteiger partial charge in [-0.05, 0) is 45.8 Å². The van der Waals surface area contributed by atoms with Crippen molar-refractivity contribution in [3.05, 3.63) is 40.7 Å². The van der Waals surface area contributed by atoms with Gasteiger partial charge in [0.15, 0.2) is 5.82 Å². The zero-order valence-electron chi connectivity index (χ0n) is 22.7. The van der Waals surface area contributed by atoms with Crippen LogP contribution in [0.1, 0.15) is 38.4 Å². The number of piperazine rings is 1. The van der Waals surface area contributed by atoms with E-state index in [2.05, 4.69) is 52.0 Å². The highest BCUT2D eigenvalue weighted by molar-refractivity contribution is 6.45. The summed E-state index contributed by atoms with van der Waals surface area (Å²) in [5.41, 5.74) is 3.55. The molecule has 3 aromatic rings. The standard InChI is InChI=1S/C28H35Cl2N7O2/c1-5-23(38)34-8-6-18(7-9-34)37-17(2)24(25-20-13-31-32-22(20)12-21(29)26(25)30)27(33-37)36-11-10-35(16-28(36,3)4)19-14-39-15-19/h5,12-13,18-19H,1,6-11,14-16H2,2-4H3,(H,31,32). The monoisotopic (exact) mass is 571 g/mol. The third kappa shape index (κ3) is 4.53. The Hall–Kier alpha value is -2.59. The maximum Gasteiger partial charge on any atom is 0.245 e. The van der Waals surface area contributed by atoms with Crippen LogP contribution in [0.2, 0.25) is 10.0 Å². The Morgan fingerprint density at radius 1 is 1.15 bits per heavy atom. The zero-order valence-corrected chi connectivity index (χ0v) is 24.2. The van der Waals surface area contributed by atoms with Crippen molar-refractivity contribution in [3.63, 3.8) is 0 Å². The number of amides is 1. The van der Waals surface area contributed by atoms with Crippen LogP contribution in [0.15, 0.2) is 24.9 Å². The van der Waals surface area contributed by atoms with E-state index in [-0.39, 0.29) is 17.5 Å². The topological polar surface area (TPSA) is 82.5 Å². The Kier molecular flexibility index (Phi) is 6.90. The number of H-pyrrole nitrogens is 1. The summed E-state index contributed by atoms with van der Waals surface area (Å²) in [7, 11) is 0. The molecule has 3 fully saturated rings. The van der Waals surface area contributed by atoms with Crippen molar-refractivity contribution in [2.45, 2.75) is 51.2 Å². The number of hydrogen-bond donors (Lipinski definition) is 1. The van der Waals surface area contributed by atoms with Crippen LogP contribution in [0.4, 0.5) is 5.82 Å². The molecule has 2 aromatic heterocycles. The van der Waals surface area contributed by atoms with E-state index in [1.165, 1.54) is 6.08 Å². The maximum atomic E-state index is 12.2. The average molecular weight is 573 g/mol. The van der Waals surface area contributed by atoms with Crippen LogP contribution in [0.3, 0.4) is 0 Å². The van der Waals surface area contributed by atoms with Crippen LogP contribution in [0.25, 0.3) is 22.0 Å². The summed E-state index contributed by atoms with van der Waals surface area (Å²) in [6, 6.07) is 2.48. The number of piperidine rings is 1. The second-order valence-corrected chi connectivity index (χ2v) is 12.3. The third-order valence-electron chi connectivity index (χ3n) is 8.64. The first kappa shape index (κ1) is 26.6. The van der Waals surface area contributed by atoms with Gasteiger partial charge in [-0.3, -0.25) is 19.5 Å². The van der Waals surface area contributed by atoms with E-state index in [0.29, 0.717) is 29.2 Å². The summed E-state index contributed by atoms with van der Waals surface area (Å²) in [5, 5.41) is 14.6. The molecule has 3 aliphatic heterocycles. The van der Waals surface area contributed by atoms with Crippen LogP contribution in [0.5, 0.6) is 0 Å². The average Bonchev–Trinajstić information content (AvgIpc) is 3.47. The fourth-order valence-corrected chi connectivity index (χ4v) is 6.86. The lowest BCUT2D eigenvalue weighted by atomic mass is 9.94. The van der Waals surface area contributed by atoms with Crippen molar-refractivity contribution >= 4 is 45.8 Å². The molecule has 208 valence electrons. The molecular formula is C28H35Cl2N7O2. The van der Waals surface area contributed by atoms with Gasteiger partial charge in [-0.15, -0.1) is 0 Å². The Morgan fingerprint density at radius 3 is 2.54 bits per heavy atom. The number of halogens is 2. The van der Waals surface area contributed by atoms with E-state index in [4.69, 9.17) is 33.0 Å². The highest BCUT2D eigenvalue weighted by atomic mass is 35.5. The van der Waals surface area contributed by atoms with Gasteiger partial charge in [0, 0.05) is 60.5 Å². The summed E-state index contributed by atoms with van der Waals surface area (Å²) in [4.78, 5) is 19.0. The fraction of sp³-hybridized carbons (Fsp3) is 0.536. The van der Waals surface area contributed by atoms with Gasteiger partial charge >= 0.3 is 0 Å². The molecule has 6 rings (SSSR count). The summed E-state index contributed by atoms with van der Waals surface area (Å²) < 4.78 is 7.64. The number of hydrogen-bond acceptors (Lipinski definition) is 6. The highest BCUT2D eigenvalue weighted by Gasteiger charge is 2.41.